The molecule has 3 unspecified atom stereocenters. The molecule has 0 fully saturated rings. The molecule has 0 amide bonds. The van der Waals surface area contributed by atoms with E-state index >= 15 is 0 Å². The maximum atomic E-state index is 10.1. The van der Waals surface area contributed by atoms with Crippen LogP contribution in [-0.4, -0.2) is 23.9 Å². The molecule has 0 heterocycles. The molecule has 3 nitrogen and oxygen atoms in total. The highest BCUT2D eigenvalue weighted by molar-refractivity contribution is 5.29. The Hall–Kier alpha value is -1.06. The zero-order chi connectivity index (χ0) is 14.3. The standard InChI is InChI=1S/C16H27NO2/c1-4-6-15(17)16(18)11-12(3)13-7-9-14(10-8-13)19-5-2/h7-10,12,15-16,18H,4-6,11,17H2,1-3H3. The Morgan fingerprint density at radius 2 is 1.84 bits per heavy atom. The molecule has 0 aliphatic carbocycles. The summed E-state index contributed by atoms with van der Waals surface area (Å²) in [7, 11) is 0. The summed E-state index contributed by atoms with van der Waals surface area (Å²) in [6, 6.07) is 7.97. The summed E-state index contributed by atoms with van der Waals surface area (Å²) < 4.78 is 5.42. The normalized spacial score (nSPS) is 15.8. The summed E-state index contributed by atoms with van der Waals surface area (Å²) in [5, 5.41) is 10.1. The molecule has 3 heteroatoms. The van der Waals surface area contributed by atoms with Crippen molar-refractivity contribution >= 4 is 0 Å². The first-order valence-electron chi connectivity index (χ1n) is 7.24. The van der Waals surface area contributed by atoms with Gasteiger partial charge in [0.05, 0.1) is 12.7 Å². The third kappa shape index (κ3) is 5.21. The minimum Gasteiger partial charge on any atom is -0.494 e. The van der Waals surface area contributed by atoms with Crippen molar-refractivity contribution in [2.45, 2.75) is 58.1 Å². The van der Waals surface area contributed by atoms with Crippen molar-refractivity contribution < 1.29 is 9.84 Å². The monoisotopic (exact) mass is 265 g/mol. The van der Waals surface area contributed by atoms with E-state index in [2.05, 4.69) is 26.0 Å². The second-order valence-corrected chi connectivity index (χ2v) is 5.16. The van der Waals surface area contributed by atoms with E-state index in [0.29, 0.717) is 18.9 Å². The van der Waals surface area contributed by atoms with Gasteiger partial charge in [0.15, 0.2) is 0 Å². The molecular weight excluding hydrogens is 238 g/mol. The Kier molecular flexibility index (Phi) is 6.89. The quantitative estimate of drug-likeness (QED) is 0.759. The highest BCUT2D eigenvalue weighted by atomic mass is 16.5. The van der Waals surface area contributed by atoms with Gasteiger partial charge in [-0.15, -0.1) is 0 Å². The van der Waals surface area contributed by atoms with Crippen molar-refractivity contribution in [3.8, 4) is 5.75 Å². The van der Waals surface area contributed by atoms with Gasteiger partial charge in [0.25, 0.3) is 0 Å². The lowest BCUT2D eigenvalue weighted by atomic mass is 9.91. The van der Waals surface area contributed by atoms with Gasteiger partial charge in [0.2, 0.25) is 0 Å². The number of benzene rings is 1. The van der Waals surface area contributed by atoms with E-state index in [1.807, 2.05) is 19.1 Å². The maximum absolute atomic E-state index is 10.1. The number of ether oxygens (including phenoxy) is 1. The van der Waals surface area contributed by atoms with Gasteiger partial charge in [0, 0.05) is 6.04 Å². The summed E-state index contributed by atoms with van der Waals surface area (Å²) >= 11 is 0. The van der Waals surface area contributed by atoms with Crippen molar-refractivity contribution in [2.75, 3.05) is 6.61 Å². The summed E-state index contributed by atoms with van der Waals surface area (Å²) in [4.78, 5) is 0. The van der Waals surface area contributed by atoms with Gasteiger partial charge >= 0.3 is 0 Å². The third-order valence-electron chi connectivity index (χ3n) is 3.47. The van der Waals surface area contributed by atoms with Crippen LogP contribution in [0.4, 0.5) is 0 Å². The maximum Gasteiger partial charge on any atom is 0.119 e. The van der Waals surface area contributed by atoms with Crippen LogP contribution >= 0.6 is 0 Å². The Bertz CT molecular complexity index is 350. The minimum atomic E-state index is -0.429. The van der Waals surface area contributed by atoms with E-state index in [9.17, 15) is 5.11 Å². The van der Waals surface area contributed by atoms with E-state index in [-0.39, 0.29) is 6.04 Å². The summed E-state index contributed by atoms with van der Waals surface area (Å²) in [6.07, 6.45) is 2.16. The fourth-order valence-corrected chi connectivity index (χ4v) is 2.26. The molecular formula is C16H27NO2. The fourth-order valence-electron chi connectivity index (χ4n) is 2.26. The Labute approximate surface area is 116 Å². The molecule has 0 bridgehead atoms. The molecule has 1 aromatic rings. The van der Waals surface area contributed by atoms with Gasteiger partial charge in [-0.25, -0.2) is 0 Å². The Balaban J connectivity index is 2.54. The van der Waals surface area contributed by atoms with E-state index in [1.165, 1.54) is 5.56 Å². The number of aliphatic hydroxyl groups is 1. The van der Waals surface area contributed by atoms with E-state index in [0.717, 1.165) is 18.6 Å². The van der Waals surface area contributed by atoms with Gasteiger partial charge in [-0.1, -0.05) is 32.4 Å². The highest BCUT2D eigenvalue weighted by Gasteiger charge is 2.18. The van der Waals surface area contributed by atoms with Crippen molar-refractivity contribution in [3.63, 3.8) is 0 Å². The molecule has 0 spiro atoms. The van der Waals surface area contributed by atoms with Crippen LogP contribution in [0.15, 0.2) is 24.3 Å². The summed E-state index contributed by atoms with van der Waals surface area (Å²) in [6.45, 7) is 6.86. The zero-order valence-corrected chi connectivity index (χ0v) is 12.3. The molecule has 3 N–H and O–H groups in total. The lowest BCUT2D eigenvalue weighted by molar-refractivity contribution is 0.124. The van der Waals surface area contributed by atoms with Crippen molar-refractivity contribution in [1.82, 2.24) is 0 Å². The smallest absolute Gasteiger partial charge is 0.119 e. The predicted molar refractivity (Wildman–Crippen MR) is 79.5 cm³/mol. The topological polar surface area (TPSA) is 55.5 Å². The number of hydrogen-bond acceptors (Lipinski definition) is 3. The zero-order valence-electron chi connectivity index (χ0n) is 12.3. The van der Waals surface area contributed by atoms with Crippen LogP contribution in [0.2, 0.25) is 0 Å². The number of rotatable bonds is 8. The molecule has 0 radical (unpaired) electrons. The van der Waals surface area contributed by atoms with E-state index < -0.39 is 6.10 Å². The van der Waals surface area contributed by atoms with Crippen LogP contribution < -0.4 is 10.5 Å². The van der Waals surface area contributed by atoms with E-state index in [4.69, 9.17) is 10.5 Å². The van der Waals surface area contributed by atoms with Gasteiger partial charge in [0.1, 0.15) is 5.75 Å². The average molecular weight is 265 g/mol. The van der Waals surface area contributed by atoms with Crippen molar-refractivity contribution in [2.24, 2.45) is 5.73 Å². The van der Waals surface area contributed by atoms with Gasteiger partial charge < -0.3 is 15.6 Å². The molecule has 0 saturated heterocycles. The van der Waals surface area contributed by atoms with Crippen LogP contribution in [0.5, 0.6) is 5.75 Å². The van der Waals surface area contributed by atoms with Crippen molar-refractivity contribution in [1.29, 1.82) is 0 Å². The number of aliphatic hydroxyl groups excluding tert-OH is 1. The number of nitrogens with two attached hydrogens (primary N) is 1. The fraction of sp³-hybridized carbons (Fsp3) is 0.625. The summed E-state index contributed by atoms with van der Waals surface area (Å²) in [5.41, 5.74) is 7.16. The van der Waals surface area contributed by atoms with E-state index in [1.54, 1.807) is 0 Å². The van der Waals surface area contributed by atoms with Crippen LogP contribution in [0.3, 0.4) is 0 Å². The summed E-state index contributed by atoms with van der Waals surface area (Å²) in [5.74, 6) is 1.19. The van der Waals surface area contributed by atoms with Gasteiger partial charge in [-0.3, -0.25) is 0 Å². The third-order valence-corrected chi connectivity index (χ3v) is 3.47. The first kappa shape index (κ1) is 16.0. The Morgan fingerprint density at radius 3 is 2.37 bits per heavy atom. The minimum absolute atomic E-state index is 0.116. The van der Waals surface area contributed by atoms with Crippen molar-refractivity contribution in [3.05, 3.63) is 29.8 Å². The molecule has 1 rings (SSSR count). The molecule has 0 aromatic heterocycles. The van der Waals surface area contributed by atoms with Crippen LogP contribution in [0.1, 0.15) is 51.5 Å². The van der Waals surface area contributed by atoms with Crippen LogP contribution in [0, 0.1) is 0 Å². The molecule has 1 aromatic carbocycles. The number of hydrogen-bond donors (Lipinski definition) is 2. The Morgan fingerprint density at radius 1 is 1.21 bits per heavy atom. The molecule has 0 aliphatic heterocycles. The van der Waals surface area contributed by atoms with Gasteiger partial charge in [-0.2, -0.15) is 0 Å². The predicted octanol–water partition coefficient (Wildman–Crippen LogP) is 3.07. The molecule has 3 atom stereocenters. The average Bonchev–Trinajstić information content (AvgIpc) is 2.40. The van der Waals surface area contributed by atoms with Gasteiger partial charge in [-0.05, 0) is 43.4 Å². The SMILES string of the molecule is CCCC(N)C(O)CC(C)c1ccc(OCC)cc1. The lowest BCUT2D eigenvalue weighted by Crippen LogP contribution is -2.35. The second-order valence-electron chi connectivity index (χ2n) is 5.16. The first-order valence-corrected chi connectivity index (χ1v) is 7.24. The molecule has 0 saturated carbocycles. The largest absolute Gasteiger partial charge is 0.494 e. The molecule has 108 valence electrons. The molecule has 19 heavy (non-hydrogen) atoms. The van der Waals surface area contributed by atoms with Crippen LogP contribution in [-0.2, 0) is 0 Å². The first-order chi connectivity index (χ1) is 9.08. The lowest BCUT2D eigenvalue weighted by Gasteiger charge is -2.22. The highest BCUT2D eigenvalue weighted by Crippen LogP contribution is 2.24. The van der Waals surface area contributed by atoms with Crippen LogP contribution in [0.25, 0.3) is 0 Å². The molecule has 0 aliphatic rings. The second kappa shape index (κ2) is 8.18.